The van der Waals surface area contributed by atoms with Gasteiger partial charge in [-0.15, -0.1) is 6.42 Å². The number of rotatable bonds is 2. The van der Waals surface area contributed by atoms with Crippen molar-refractivity contribution >= 4 is 22.6 Å². The van der Waals surface area contributed by atoms with Crippen LogP contribution in [0.15, 0.2) is 27.4 Å². The Kier molecular flexibility index (Phi) is 3.08. The molecule has 4 heteroatoms. The highest BCUT2D eigenvalue weighted by Crippen LogP contribution is 2.22. The fourth-order valence-corrected chi connectivity index (χ4v) is 1.72. The summed E-state index contributed by atoms with van der Waals surface area (Å²) in [6.45, 7) is 1.68. The van der Waals surface area contributed by atoms with Gasteiger partial charge in [-0.25, -0.2) is 0 Å². The minimum Gasteiger partial charge on any atom is -0.473 e. The molecule has 0 aliphatic carbocycles. The predicted octanol–water partition coefficient (Wildman–Crippen LogP) is 2.77. The van der Waals surface area contributed by atoms with Gasteiger partial charge in [-0.1, -0.05) is 17.5 Å². The molecule has 0 amide bonds. The van der Waals surface area contributed by atoms with E-state index in [1.54, 1.807) is 25.1 Å². The van der Waals surface area contributed by atoms with Gasteiger partial charge in [0, 0.05) is 5.02 Å². The first-order valence-electron chi connectivity index (χ1n) is 4.92. The van der Waals surface area contributed by atoms with Crippen LogP contribution in [0.3, 0.4) is 0 Å². The van der Waals surface area contributed by atoms with Crippen molar-refractivity contribution in [3.8, 4) is 18.1 Å². The van der Waals surface area contributed by atoms with E-state index in [1.165, 1.54) is 0 Å². The van der Waals surface area contributed by atoms with Crippen LogP contribution in [-0.4, -0.2) is 6.61 Å². The fourth-order valence-electron chi connectivity index (χ4n) is 1.54. The molecule has 0 radical (unpaired) electrons. The van der Waals surface area contributed by atoms with Crippen LogP contribution in [0.1, 0.15) is 5.76 Å². The number of hydrogen-bond donors (Lipinski definition) is 0. The Balaban J connectivity index is 2.70. The Morgan fingerprint density at radius 1 is 1.53 bits per heavy atom. The molecule has 0 fully saturated rings. The average Bonchev–Trinajstić information content (AvgIpc) is 2.30. The summed E-state index contributed by atoms with van der Waals surface area (Å²) in [5.41, 5.74) is 0.214. The first-order chi connectivity index (χ1) is 8.13. The third-order valence-corrected chi connectivity index (χ3v) is 2.51. The number of halogens is 1. The smallest absolute Gasteiger partial charge is 0.234 e. The highest BCUT2D eigenvalue weighted by molar-refractivity contribution is 6.31. The monoisotopic (exact) mass is 248 g/mol. The standard InChI is InChI=1S/C13H9ClO3/c1-3-6-16-13-8(2)17-11-5-4-9(14)7-10(11)12(13)15/h1,4-5,7H,6H2,2H3. The van der Waals surface area contributed by atoms with E-state index in [0.29, 0.717) is 21.8 Å². The lowest BCUT2D eigenvalue weighted by molar-refractivity contribution is 0.347. The van der Waals surface area contributed by atoms with Crippen LogP contribution in [-0.2, 0) is 0 Å². The molecule has 0 saturated heterocycles. The SMILES string of the molecule is C#CCOc1c(C)oc2ccc(Cl)cc2c1=O. The van der Waals surface area contributed by atoms with Gasteiger partial charge in [-0.2, -0.15) is 0 Å². The van der Waals surface area contributed by atoms with Gasteiger partial charge in [0.1, 0.15) is 18.0 Å². The zero-order valence-corrected chi connectivity index (χ0v) is 9.88. The summed E-state index contributed by atoms with van der Waals surface area (Å²) in [6, 6.07) is 4.86. The maximum Gasteiger partial charge on any atom is 0.234 e. The van der Waals surface area contributed by atoms with Crippen molar-refractivity contribution in [1.82, 2.24) is 0 Å². The van der Waals surface area contributed by atoms with Crippen LogP contribution in [0.25, 0.3) is 11.0 Å². The van der Waals surface area contributed by atoms with Crippen molar-refractivity contribution in [3.63, 3.8) is 0 Å². The second-order valence-electron chi connectivity index (χ2n) is 3.45. The molecule has 0 atom stereocenters. The summed E-state index contributed by atoms with van der Waals surface area (Å²) in [6.07, 6.45) is 5.08. The first kappa shape index (κ1) is 11.6. The summed E-state index contributed by atoms with van der Waals surface area (Å²) in [4.78, 5) is 12.1. The highest BCUT2D eigenvalue weighted by atomic mass is 35.5. The molecule has 2 rings (SSSR count). The Hall–Kier alpha value is -1.92. The number of benzene rings is 1. The van der Waals surface area contributed by atoms with E-state index in [0.717, 1.165) is 0 Å². The second-order valence-corrected chi connectivity index (χ2v) is 3.89. The predicted molar refractivity (Wildman–Crippen MR) is 66.6 cm³/mol. The van der Waals surface area contributed by atoms with Gasteiger partial charge in [0.2, 0.25) is 11.2 Å². The summed E-state index contributed by atoms with van der Waals surface area (Å²) < 4.78 is 10.7. The van der Waals surface area contributed by atoms with E-state index in [9.17, 15) is 4.79 Å². The summed E-state index contributed by atoms with van der Waals surface area (Å²) in [5, 5.41) is 0.853. The molecule has 0 saturated carbocycles. The highest BCUT2D eigenvalue weighted by Gasteiger charge is 2.12. The van der Waals surface area contributed by atoms with Crippen molar-refractivity contribution in [3.05, 3.63) is 39.2 Å². The van der Waals surface area contributed by atoms with E-state index in [4.69, 9.17) is 27.2 Å². The Labute approximate surface area is 103 Å². The van der Waals surface area contributed by atoms with E-state index >= 15 is 0 Å². The van der Waals surface area contributed by atoms with Crippen LogP contribution in [0.2, 0.25) is 5.02 Å². The average molecular weight is 249 g/mol. The summed E-state index contributed by atoms with van der Waals surface area (Å²) in [5.74, 6) is 2.84. The lowest BCUT2D eigenvalue weighted by Gasteiger charge is -2.06. The van der Waals surface area contributed by atoms with Gasteiger partial charge in [0.25, 0.3) is 0 Å². The molecular formula is C13H9ClO3. The molecule has 1 aromatic heterocycles. The van der Waals surface area contributed by atoms with Crippen LogP contribution >= 0.6 is 11.6 Å². The third kappa shape index (κ3) is 2.13. The number of ether oxygens (including phenoxy) is 1. The van der Waals surface area contributed by atoms with Crippen molar-refractivity contribution in [2.24, 2.45) is 0 Å². The molecule has 0 aliphatic rings. The van der Waals surface area contributed by atoms with E-state index in [-0.39, 0.29) is 17.8 Å². The minimum atomic E-state index is -0.262. The molecule has 0 N–H and O–H groups in total. The van der Waals surface area contributed by atoms with Gasteiger partial charge in [-0.3, -0.25) is 4.79 Å². The molecule has 0 unspecified atom stereocenters. The Morgan fingerprint density at radius 2 is 2.29 bits per heavy atom. The zero-order valence-electron chi connectivity index (χ0n) is 9.12. The number of fused-ring (bicyclic) bond motifs is 1. The number of terminal acetylenes is 1. The van der Waals surface area contributed by atoms with E-state index < -0.39 is 0 Å². The molecule has 1 aromatic carbocycles. The van der Waals surface area contributed by atoms with Crippen LogP contribution in [0, 0.1) is 19.3 Å². The number of aryl methyl sites for hydroxylation is 1. The van der Waals surface area contributed by atoms with Crippen molar-refractivity contribution in [1.29, 1.82) is 0 Å². The zero-order chi connectivity index (χ0) is 12.4. The number of hydrogen-bond acceptors (Lipinski definition) is 3. The molecular weight excluding hydrogens is 240 g/mol. The van der Waals surface area contributed by atoms with Crippen LogP contribution in [0.4, 0.5) is 0 Å². The van der Waals surface area contributed by atoms with Gasteiger partial charge in [0.05, 0.1) is 5.39 Å². The summed E-state index contributed by atoms with van der Waals surface area (Å²) >= 11 is 5.83. The Morgan fingerprint density at radius 3 is 3.00 bits per heavy atom. The van der Waals surface area contributed by atoms with Crippen molar-refractivity contribution in [2.45, 2.75) is 6.92 Å². The van der Waals surface area contributed by atoms with Gasteiger partial charge in [0.15, 0.2) is 0 Å². The molecule has 1 heterocycles. The lowest BCUT2D eigenvalue weighted by atomic mass is 10.2. The van der Waals surface area contributed by atoms with E-state index in [1.807, 2.05) is 0 Å². The molecule has 86 valence electrons. The summed E-state index contributed by atoms with van der Waals surface area (Å²) in [7, 11) is 0. The van der Waals surface area contributed by atoms with Crippen LogP contribution < -0.4 is 10.2 Å². The van der Waals surface area contributed by atoms with Gasteiger partial charge in [-0.05, 0) is 25.1 Å². The molecule has 0 spiro atoms. The van der Waals surface area contributed by atoms with Crippen LogP contribution in [0.5, 0.6) is 5.75 Å². The van der Waals surface area contributed by atoms with Crippen molar-refractivity contribution in [2.75, 3.05) is 6.61 Å². The Bertz CT molecular complexity index is 665. The van der Waals surface area contributed by atoms with Gasteiger partial charge >= 0.3 is 0 Å². The third-order valence-electron chi connectivity index (χ3n) is 2.28. The molecule has 2 aromatic rings. The quantitative estimate of drug-likeness (QED) is 0.767. The van der Waals surface area contributed by atoms with Gasteiger partial charge < -0.3 is 9.15 Å². The topological polar surface area (TPSA) is 39.4 Å². The normalized spacial score (nSPS) is 10.2. The molecule has 0 bridgehead atoms. The van der Waals surface area contributed by atoms with E-state index in [2.05, 4.69) is 5.92 Å². The first-order valence-corrected chi connectivity index (χ1v) is 5.30. The molecule has 3 nitrogen and oxygen atoms in total. The maximum atomic E-state index is 12.1. The lowest BCUT2D eigenvalue weighted by Crippen LogP contribution is -2.10. The molecule has 0 aliphatic heterocycles. The van der Waals surface area contributed by atoms with Crippen molar-refractivity contribution < 1.29 is 9.15 Å². The molecule has 17 heavy (non-hydrogen) atoms. The second kappa shape index (κ2) is 4.52. The largest absolute Gasteiger partial charge is 0.473 e. The minimum absolute atomic E-state index is 0.0255. The maximum absolute atomic E-state index is 12.1. The fraction of sp³-hybridized carbons (Fsp3) is 0.154.